The highest BCUT2D eigenvalue weighted by Gasteiger charge is 2.13. The first-order valence-corrected chi connectivity index (χ1v) is 5.88. The lowest BCUT2D eigenvalue weighted by Gasteiger charge is -2.03. The van der Waals surface area contributed by atoms with E-state index in [2.05, 4.69) is 0 Å². The monoisotopic (exact) mass is 288 g/mol. The third-order valence-corrected chi connectivity index (χ3v) is 3.26. The number of furan rings is 1. The maximum atomic E-state index is 11.1. The van der Waals surface area contributed by atoms with E-state index in [1.165, 1.54) is 13.0 Å². The molecule has 0 atom stereocenters. The minimum Gasteiger partial charge on any atom is -0.453 e. The molecule has 0 bridgehead atoms. The molecule has 1 aromatic carbocycles. The minimum atomic E-state index is -0.146. The summed E-state index contributed by atoms with van der Waals surface area (Å²) in [4.78, 5) is 11.1. The van der Waals surface area contributed by atoms with Gasteiger partial charge >= 0.3 is 0 Å². The van der Waals surface area contributed by atoms with Crippen LogP contribution >= 0.6 is 34.8 Å². The molecule has 0 aliphatic rings. The summed E-state index contributed by atoms with van der Waals surface area (Å²) >= 11 is 17.8. The molecule has 0 N–H and O–H groups in total. The molecule has 0 aliphatic carbocycles. The van der Waals surface area contributed by atoms with Crippen molar-refractivity contribution >= 4 is 40.6 Å². The highest BCUT2D eigenvalue weighted by Crippen LogP contribution is 2.35. The predicted molar refractivity (Wildman–Crippen MR) is 69.2 cm³/mol. The van der Waals surface area contributed by atoms with Gasteiger partial charge in [0.2, 0.25) is 0 Å². The summed E-state index contributed by atoms with van der Waals surface area (Å²) < 4.78 is 5.37. The number of benzene rings is 1. The van der Waals surface area contributed by atoms with E-state index in [1.54, 1.807) is 18.2 Å². The average molecular weight is 290 g/mol. The van der Waals surface area contributed by atoms with Crippen LogP contribution in [0, 0.1) is 0 Å². The molecule has 88 valence electrons. The van der Waals surface area contributed by atoms with E-state index in [1.807, 2.05) is 0 Å². The molecule has 0 unspecified atom stereocenters. The van der Waals surface area contributed by atoms with Crippen molar-refractivity contribution in [2.75, 3.05) is 0 Å². The van der Waals surface area contributed by atoms with Crippen molar-refractivity contribution in [2.45, 2.75) is 6.92 Å². The molecule has 1 heterocycles. The molecule has 0 fully saturated rings. The van der Waals surface area contributed by atoms with Gasteiger partial charge in [0, 0.05) is 12.5 Å². The number of halogens is 3. The molecule has 17 heavy (non-hydrogen) atoms. The molecule has 0 amide bonds. The molecule has 2 rings (SSSR count). The Bertz CT molecular complexity index is 587. The first-order chi connectivity index (χ1) is 7.99. The van der Waals surface area contributed by atoms with Crippen LogP contribution in [0.5, 0.6) is 0 Å². The number of Topliss-reactive ketones (excluding diaryl/α,β-unsaturated/α-hetero) is 1. The van der Waals surface area contributed by atoms with Gasteiger partial charge in [-0.1, -0.05) is 34.8 Å². The van der Waals surface area contributed by atoms with E-state index in [0.29, 0.717) is 26.4 Å². The first-order valence-electron chi connectivity index (χ1n) is 4.74. The van der Waals surface area contributed by atoms with Gasteiger partial charge < -0.3 is 4.42 Å². The molecule has 1 aromatic heterocycles. The van der Waals surface area contributed by atoms with Crippen molar-refractivity contribution in [1.82, 2.24) is 0 Å². The second-order valence-corrected chi connectivity index (χ2v) is 4.69. The fraction of sp³-hybridized carbons (Fsp3) is 0.0833. The van der Waals surface area contributed by atoms with Gasteiger partial charge in [0.05, 0.1) is 15.1 Å². The average Bonchev–Trinajstić information content (AvgIpc) is 2.72. The molecule has 5 heteroatoms. The predicted octanol–water partition coefficient (Wildman–Crippen LogP) is 5.11. The Morgan fingerprint density at radius 2 is 1.71 bits per heavy atom. The Hall–Kier alpha value is -0.960. The summed E-state index contributed by atoms with van der Waals surface area (Å²) in [5.74, 6) is 0.619. The number of rotatable bonds is 2. The van der Waals surface area contributed by atoms with Crippen LogP contribution < -0.4 is 0 Å². The van der Waals surface area contributed by atoms with Crippen LogP contribution in [0.3, 0.4) is 0 Å². The lowest BCUT2D eigenvalue weighted by molar-refractivity contribution is 0.0988. The molecular weight excluding hydrogens is 282 g/mol. The van der Waals surface area contributed by atoms with Crippen molar-refractivity contribution in [3.63, 3.8) is 0 Å². The van der Waals surface area contributed by atoms with E-state index < -0.39 is 0 Å². The molecule has 2 aromatic rings. The lowest BCUT2D eigenvalue weighted by Crippen LogP contribution is -1.86. The summed E-state index contributed by atoms with van der Waals surface area (Å²) in [5.41, 5.74) is 0.605. The molecule has 0 spiro atoms. The number of hydrogen-bond donors (Lipinski definition) is 0. The Balaban J connectivity index is 2.52. The van der Waals surface area contributed by atoms with Crippen molar-refractivity contribution in [3.05, 3.63) is 45.1 Å². The van der Waals surface area contributed by atoms with E-state index in [-0.39, 0.29) is 11.5 Å². The van der Waals surface area contributed by atoms with E-state index >= 15 is 0 Å². The molecule has 0 aliphatic heterocycles. The van der Waals surface area contributed by atoms with E-state index in [9.17, 15) is 4.79 Å². The van der Waals surface area contributed by atoms with Crippen LogP contribution in [-0.2, 0) is 0 Å². The maximum Gasteiger partial charge on any atom is 0.194 e. The number of carbonyl (C=O) groups is 1. The van der Waals surface area contributed by atoms with Crippen molar-refractivity contribution < 1.29 is 9.21 Å². The lowest BCUT2D eigenvalue weighted by atomic mass is 10.2. The number of ketones is 1. The van der Waals surface area contributed by atoms with Crippen molar-refractivity contribution in [1.29, 1.82) is 0 Å². The highest BCUT2D eigenvalue weighted by atomic mass is 35.5. The van der Waals surface area contributed by atoms with Gasteiger partial charge in [0.1, 0.15) is 5.76 Å². The summed E-state index contributed by atoms with van der Waals surface area (Å²) in [7, 11) is 0. The molecule has 0 saturated heterocycles. The molecular formula is C12H7Cl3O2. The first kappa shape index (κ1) is 12.5. The SMILES string of the molecule is CC(=O)c1ccc(-c2cc(Cl)c(Cl)cc2Cl)o1. The standard InChI is InChI=1S/C12H7Cl3O2/c1-6(16)11-2-3-12(17-11)7-4-9(14)10(15)5-8(7)13/h2-5H,1H3. The zero-order chi connectivity index (χ0) is 12.6. The largest absolute Gasteiger partial charge is 0.453 e. The highest BCUT2D eigenvalue weighted by molar-refractivity contribution is 6.44. The van der Waals surface area contributed by atoms with Gasteiger partial charge in [0.15, 0.2) is 11.5 Å². The Kier molecular flexibility index (Phi) is 3.48. The van der Waals surface area contributed by atoms with E-state index in [4.69, 9.17) is 39.2 Å². The maximum absolute atomic E-state index is 11.1. The third kappa shape index (κ3) is 2.49. The van der Waals surface area contributed by atoms with Crippen LogP contribution in [0.4, 0.5) is 0 Å². The smallest absolute Gasteiger partial charge is 0.194 e. The minimum absolute atomic E-state index is 0.146. The Morgan fingerprint density at radius 3 is 2.29 bits per heavy atom. The van der Waals surface area contributed by atoms with Crippen molar-refractivity contribution in [2.24, 2.45) is 0 Å². The van der Waals surface area contributed by atoms with Crippen LogP contribution in [-0.4, -0.2) is 5.78 Å². The summed E-state index contributed by atoms with van der Waals surface area (Å²) in [5, 5.41) is 1.18. The summed E-state index contributed by atoms with van der Waals surface area (Å²) in [6.07, 6.45) is 0. The van der Waals surface area contributed by atoms with Crippen molar-refractivity contribution in [3.8, 4) is 11.3 Å². The van der Waals surface area contributed by atoms with Gasteiger partial charge in [-0.15, -0.1) is 0 Å². The second-order valence-electron chi connectivity index (χ2n) is 3.47. The Labute approximate surface area is 113 Å². The summed E-state index contributed by atoms with van der Waals surface area (Å²) in [6.45, 7) is 1.43. The van der Waals surface area contributed by atoms with Gasteiger partial charge in [0.25, 0.3) is 0 Å². The molecule has 2 nitrogen and oxygen atoms in total. The topological polar surface area (TPSA) is 30.2 Å². The number of carbonyl (C=O) groups excluding carboxylic acids is 1. The zero-order valence-electron chi connectivity index (χ0n) is 8.76. The summed E-state index contributed by atoms with van der Waals surface area (Å²) in [6, 6.07) is 6.41. The van der Waals surface area contributed by atoms with Gasteiger partial charge in [-0.05, 0) is 24.3 Å². The Morgan fingerprint density at radius 1 is 1.06 bits per heavy atom. The van der Waals surface area contributed by atoms with E-state index in [0.717, 1.165) is 0 Å². The van der Waals surface area contributed by atoms with Gasteiger partial charge in [-0.25, -0.2) is 0 Å². The van der Waals surface area contributed by atoms with Crippen LogP contribution in [0.1, 0.15) is 17.5 Å². The fourth-order valence-corrected chi connectivity index (χ4v) is 2.02. The van der Waals surface area contributed by atoms with Crippen LogP contribution in [0.15, 0.2) is 28.7 Å². The second kappa shape index (κ2) is 4.73. The number of hydrogen-bond acceptors (Lipinski definition) is 2. The molecule has 0 saturated carbocycles. The molecule has 0 radical (unpaired) electrons. The fourth-order valence-electron chi connectivity index (χ4n) is 1.38. The zero-order valence-corrected chi connectivity index (χ0v) is 11.0. The van der Waals surface area contributed by atoms with Gasteiger partial charge in [-0.3, -0.25) is 4.79 Å². The van der Waals surface area contributed by atoms with Gasteiger partial charge in [-0.2, -0.15) is 0 Å². The normalized spacial score (nSPS) is 10.6. The quantitative estimate of drug-likeness (QED) is 0.568. The van der Waals surface area contributed by atoms with Crippen LogP contribution in [0.2, 0.25) is 15.1 Å². The van der Waals surface area contributed by atoms with Crippen LogP contribution in [0.25, 0.3) is 11.3 Å². The third-order valence-electron chi connectivity index (χ3n) is 2.23.